The highest BCUT2D eigenvalue weighted by Crippen LogP contribution is 2.44. The third kappa shape index (κ3) is 3.34. The summed E-state index contributed by atoms with van der Waals surface area (Å²) in [6.45, 7) is 0. The summed E-state index contributed by atoms with van der Waals surface area (Å²) >= 11 is 25.6. The van der Waals surface area contributed by atoms with Crippen molar-refractivity contribution >= 4 is 69.0 Å². The molecule has 2 nitrogen and oxygen atoms in total. The van der Waals surface area contributed by atoms with Crippen molar-refractivity contribution in [2.24, 2.45) is 0 Å². The third-order valence-electron chi connectivity index (χ3n) is 2.22. The third-order valence-corrected chi connectivity index (χ3v) is 4.77. The summed E-state index contributed by atoms with van der Waals surface area (Å²) < 4.78 is 6.18. The van der Waals surface area contributed by atoms with E-state index in [4.69, 9.17) is 51.1 Å². The summed E-state index contributed by atoms with van der Waals surface area (Å²) in [6, 6.07) is 6.33. The lowest BCUT2D eigenvalue weighted by Gasteiger charge is -2.12. The van der Waals surface area contributed by atoms with Crippen LogP contribution in [-0.4, -0.2) is 5.11 Å². The van der Waals surface area contributed by atoms with Gasteiger partial charge < -0.3 is 9.84 Å². The van der Waals surface area contributed by atoms with Gasteiger partial charge in [-0.1, -0.05) is 46.4 Å². The second kappa shape index (κ2) is 6.14. The van der Waals surface area contributed by atoms with Crippen LogP contribution in [0.1, 0.15) is 0 Å². The Labute approximate surface area is 143 Å². The van der Waals surface area contributed by atoms with E-state index in [-0.39, 0.29) is 21.5 Å². The normalized spacial score (nSPS) is 10.6. The lowest BCUT2D eigenvalue weighted by atomic mass is 10.3. The molecule has 0 aliphatic rings. The van der Waals surface area contributed by atoms with Crippen molar-refractivity contribution in [2.45, 2.75) is 0 Å². The molecule has 100 valence electrons. The van der Waals surface area contributed by atoms with Gasteiger partial charge in [0.15, 0.2) is 11.5 Å². The minimum absolute atomic E-state index is 0.0358. The first-order valence-electron chi connectivity index (χ1n) is 4.89. The zero-order chi connectivity index (χ0) is 14.2. The van der Waals surface area contributed by atoms with Crippen LogP contribution < -0.4 is 4.74 Å². The first kappa shape index (κ1) is 15.3. The lowest BCUT2D eigenvalue weighted by Crippen LogP contribution is -1.89. The Morgan fingerprint density at radius 1 is 0.947 bits per heavy atom. The molecule has 0 aliphatic heterocycles. The van der Waals surface area contributed by atoms with Gasteiger partial charge in [-0.25, -0.2) is 0 Å². The molecule has 7 heteroatoms. The van der Waals surface area contributed by atoms with Crippen LogP contribution in [0.2, 0.25) is 20.1 Å². The molecule has 0 saturated carbocycles. The van der Waals surface area contributed by atoms with Crippen molar-refractivity contribution in [1.29, 1.82) is 0 Å². The van der Waals surface area contributed by atoms with E-state index in [2.05, 4.69) is 0 Å². The van der Waals surface area contributed by atoms with E-state index < -0.39 is 0 Å². The summed E-state index contributed by atoms with van der Waals surface area (Å²) in [5.41, 5.74) is 0. The van der Waals surface area contributed by atoms with Crippen LogP contribution in [0.15, 0.2) is 24.3 Å². The lowest BCUT2D eigenvalue weighted by molar-refractivity contribution is 0.411. The number of aromatic hydroxyl groups is 1. The monoisotopic (exact) mass is 448 g/mol. The zero-order valence-corrected chi connectivity index (χ0v) is 14.2. The van der Waals surface area contributed by atoms with Gasteiger partial charge >= 0.3 is 0 Å². The number of halogens is 5. The van der Waals surface area contributed by atoms with Crippen molar-refractivity contribution in [3.63, 3.8) is 0 Å². The van der Waals surface area contributed by atoms with E-state index in [9.17, 15) is 5.11 Å². The van der Waals surface area contributed by atoms with Crippen molar-refractivity contribution in [2.75, 3.05) is 0 Å². The van der Waals surface area contributed by atoms with Crippen molar-refractivity contribution in [3.05, 3.63) is 47.9 Å². The number of phenolic OH excluding ortho intramolecular Hbond substituents is 1. The van der Waals surface area contributed by atoms with Gasteiger partial charge in [-0.2, -0.15) is 0 Å². The number of rotatable bonds is 2. The Morgan fingerprint density at radius 3 is 2.26 bits per heavy atom. The van der Waals surface area contributed by atoms with Gasteiger partial charge in [-0.15, -0.1) is 0 Å². The Hall–Kier alpha value is -0.0700. The fourth-order valence-corrected chi connectivity index (χ4v) is 2.82. The molecule has 0 aromatic heterocycles. The molecule has 2 aromatic carbocycles. The second-order valence-electron chi connectivity index (χ2n) is 3.51. The van der Waals surface area contributed by atoms with Crippen molar-refractivity contribution < 1.29 is 9.84 Å². The highest BCUT2D eigenvalue weighted by atomic mass is 127. The SMILES string of the molecule is Oc1c(Oc2ccc(Cl)cc2Cl)cc(I)c(Cl)c1Cl. The van der Waals surface area contributed by atoms with Gasteiger partial charge in [-0.3, -0.25) is 0 Å². The minimum Gasteiger partial charge on any atom is -0.503 e. The molecule has 19 heavy (non-hydrogen) atoms. The molecule has 0 fully saturated rings. The molecule has 0 atom stereocenters. The van der Waals surface area contributed by atoms with Crippen LogP contribution in [0.25, 0.3) is 0 Å². The van der Waals surface area contributed by atoms with E-state index in [1.807, 2.05) is 22.6 Å². The summed E-state index contributed by atoms with van der Waals surface area (Å²) in [6.07, 6.45) is 0. The van der Waals surface area contributed by atoms with Crippen LogP contribution in [0.5, 0.6) is 17.2 Å². The molecule has 2 rings (SSSR count). The molecular weight excluding hydrogens is 445 g/mol. The van der Waals surface area contributed by atoms with Gasteiger partial charge in [-0.05, 0) is 46.9 Å². The molecule has 0 spiro atoms. The average Bonchev–Trinajstić information content (AvgIpc) is 2.36. The Morgan fingerprint density at radius 2 is 1.63 bits per heavy atom. The Balaban J connectivity index is 2.44. The maximum atomic E-state index is 9.90. The fraction of sp³-hybridized carbons (Fsp3) is 0. The number of hydrogen-bond acceptors (Lipinski definition) is 2. The molecule has 0 saturated heterocycles. The molecule has 0 bridgehead atoms. The van der Waals surface area contributed by atoms with Crippen molar-refractivity contribution in [1.82, 2.24) is 0 Å². The predicted octanol–water partition coefficient (Wildman–Crippen LogP) is 6.40. The van der Waals surface area contributed by atoms with Gasteiger partial charge in [0.2, 0.25) is 0 Å². The summed E-state index contributed by atoms with van der Waals surface area (Å²) in [7, 11) is 0. The molecule has 0 amide bonds. The van der Waals surface area contributed by atoms with Gasteiger partial charge in [0.1, 0.15) is 10.8 Å². The minimum atomic E-state index is -0.238. The van der Waals surface area contributed by atoms with E-state index in [0.717, 1.165) is 0 Å². The summed E-state index contributed by atoms with van der Waals surface area (Å²) in [4.78, 5) is 0. The van der Waals surface area contributed by atoms with Gasteiger partial charge in [0, 0.05) is 8.59 Å². The summed E-state index contributed by atoms with van der Waals surface area (Å²) in [5, 5.41) is 11.0. The highest BCUT2D eigenvalue weighted by Gasteiger charge is 2.16. The maximum Gasteiger partial charge on any atom is 0.179 e. The van der Waals surface area contributed by atoms with E-state index in [0.29, 0.717) is 19.4 Å². The number of phenols is 1. The fourth-order valence-electron chi connectivity index (χ4n) is 1.32. The van der Waals surface area contributed by atoms with E-state index in [1.54, 1.807) is 18.2 Å². The second-order valence-corrected chi connectivity index (χ2v) is 6.27. The quantitative estimate of drug-likeness (QED) is 0.424. The topological polar surface area (TPSA) is 29.5 Å². The highest BCUT2D eigenvalue weighted by molar-refractivity contribution is 14.1. The van der Waals surface area contributed by atoms with Crippen LogP contribution in [0, 0.1) is 3.57 Å². The van der Waals surface area contributed by atoms with Crippen molar-refractivity contribution in [3.8, 4) is 17.2 Å². The smallest absolute Gasteiger partial charge is 0.179 e. The van der Waals surface area contributed by atoms with Crippen LogP contribution >= 0.6 is 69.0 Å². The molecule has 2 aromatic rings. The molecule has 1 N–H and O–H groups in total. The van der Waals surface area contributed by atoms with Crippen LogP contribution in [0.3, 0.4) is 0 Å². The van der Waals surface area contributed by atoms with E-state index in [1.165, 1.54) is 6.07 Å². The first-order chi connectivity index (χ1) is 8.90. The van der Waals surface area contributed by atoms with E-state index >= 15 is 0 Å². The zero-order valence-electron chi connectivity index (χ0n) is 9.05. The molecule has 0 heterocycles. The molecular formula is C12H5Cl4IO2. The Kier molecular flexibility index (Phi) is 4.95. The number of hydrogen-bond donors (Lipinski definition) is 1. The average molecular weight is 450 g/mol. The predicted molar refractivity (Wildman–Crippen MR) is 87.4 cm³/mol. The molecule has 0 aliphatic carbocycles. The first-order valence-corrected chi connectivity index (χ1v) is 7.48. The molecule has 0 unspecified atom stereocenters. The summed E-state index contributed by atoms with van der Waals surface area (Å²) in [5.74, 6) is 0.289. The van der Waals surface area contributed by atoms with Gasteiger partial charge in [0.25, 0.3) is 0 Å². The number of ether oxygens (including phenoxy) is 1. The number of benzene rings is 2. The largest absolute Gasteiger partial charge is 0.503 e. The van der Waals surface area contributed by atoms with Gasteiger partial charge in [0.05, 0.1) is 10.0 Å². The molecule has 0 radical (unpaired) electrons. The van der Waals surface area contributed by atoms with Crippen LogP contribution in [-0.2, 0) is 0 Å². The Bertz CT molecular complexity index is 646. The maximum absolute atomic E-state index is 9.90. The standard InChI is InChI=1S/C12H5Cl4IO2/c13-5-1-2-8(6(14)3-5)19-9-4-7(17)10(15)11(16)12(9)18/h1-4,18H. The van der Waals surface area contributed by atoms with Crippen LogP contribution in [0.4, 0.5) is 0 Å².